The van der Waals surface area contributed by atoms with Gasteiger partial charge >= 0.3 is 0 Å². The first kappa shape index (κ1) is 20.3. The Morgan fingerprint density at radius 1 is 0.767 bits per heavy atom. The van der Waals surface area contributed by atoms with Crippen molar-refractivity contribution in [2.45, 2.75) is 38.5 Å². The molecule has 154 valence electrons. The Kier molecular flexibility index (Phi) is 5.98. The van der Waals surface area contributed by atoms with Crippen molar-refractivity contribution in [3.8, 4) is 16.9 Å². The van der Waals surface area contributed by atoms with Gasteiger partial charge in [-0.25, -0.2) is 4.39 Å². The van der Waals surface area contributed by atoms with Gasteiger partial charge in [0.25, 0.3) is 0 Å². The Bertz CT molecular complexity index is 1040. The molecule has 0 aliphatic heterocycles. The summed E-state index contributed by atoms with van der Waals surface area (Å²) in [4.78, 5) is 0. The lowest BCUT2D eigenvalue weighted by Crippen LogP contribution is -2.09. The van der Waals surface area contributed by atoms with E-state index in [1.54, 1.807) is 13.0 Å². The van der Waals surface area contributed by atoms with Crippen LogP contribution in [0.25, 0.3) is 11.1 Å². The van der Waals surface area contributed by atoms with Crippen LogP contribution in [0, 0.1) is 18.6 Å². The van der Waals surface area contributed by atoms with Crippen molar-refractivity contribution in [1.82, 2.24) is 0 Å². The van der Waals surface area contributed by atoms with Gasteiger partial charge in [-0.05, 0) is 55.0 Å². The molecule has 4 rings (SSSR count). The highest BCUT2D eigenvalue weighted by molar-refractivity contribution is 5.64. The average molecular weight is 405 g/mol. The number of allylic oxidation sites excluding steroid dienone is 2. The second-order valence-electron chi connectivity index (χ2n) is 7.88. The van der Waals surface area contributed by atoms with Gasteiger partial charge < -0.3 is 4.74 Å². The van der Waals surface area contributed by atoms with Crippen LogP contribution in [-0.2, 0) is 0 Å². The number of benzene rings is 3. The first-order valence-corrected chi connectivity index (χ1v) is 10.5. The summed E-state index contributed by atoms with van der Waals surface area (Å²) in [6, 6.07) is 20.3. The van der Waals surface area contributed by atoms with Gasteiger partial charge in [-0.3, -0.25) is 0 Å². The number of aryl methyl sites for hydroxylation is 1. The van der Waals surface area contributed by atoms with Crippen LogP contribution in [0.5, 0.6) is 5.75 Å². The van der Waals surface area contributed by atoms with Gasteiger partial charge in [0.1, 0.15) is 0 Å². The lowest BCUT2D eigenvalue weighted by Gasteiger charge is -2.24. The highest BCUT2D eigenvalue weighted by Gasteiger charge is 2.24. The molecule has 0 fully saturated rings. The minimum absolute atomic E-state index is 0.0231. The molecule has 1 aliphatic carbocycles. The molecular formula is C27H26F2O. The number of ether oxygens (including phenoxy) is 1. The zero-order valence-corrected chi connectivity index (χ0v) is 17.4. The van der Waals surface area contributed by atoms with Crippen LogP contribution in [0.2, 0.25) is 0 Å². The molecule has 0 saturated heterocycles. The molecule has 0 bridgehead atoms. The highest BCUT2D eigenvalue weighted by atomic mass is 19.2. The van der Waals surface area contributed by atoms with Crippen LogP contribution in [0.1, 0.15) is 48.3 Å². The summed E-state index contributed by atoms with van der Waals surface area (Å²) in [6.07, 6.45) is 5.83. The number of hydrogen-bond acceptors (Lipinski definition) is 1. The molecule has 3 heteroatoms. The van der Waals surface area contributed by atoms with E-state index in [0.717, 1.165) is 12.8 Å². The molecule has 0 saturated carbocycles. The van der Waals surface area contributed by atoms with Crippen LogP contribution in [0.3, 0.4) is 0 Å². The van der Waals surface area contributed by atoms with Gasteiger partial charge in [-0.2, -0.15) is 4.39 Å². The number of rotatable bonds is 5. The molecule has 0 spiro atoms. The maximum absolute atomic E-state index is 14.5. The molecule has 1 nitrogen and oxygen atoms in total. The van der Waals surface area contributed by atoms with Gasteiger partial charge in [0, 0.05) is 11.8 Å². The topological polar surface area (TPSA) is 9.23 Å². The molecular weight excluding hydrogens is 378 g/mol. The molecule has 30 heavy (non-hydrogen) atoms. The normalized spacial score (nSPS) is 18.4. The summed E-state index contributed by atoms with van der Waals surface area (Å²) in [7, 11) is 0. The average Bonchev–Trinajstić information content (AvgIpc) is 2.78. The Balaban J connectivity index is 1.49. The van der Waals surface area contributed by atoms with E-state index in [4.69, 9.17) is 4.74 Å². The number of halogens is 2. The lowest BCUT2D eigenvalue weighted by atomic mass is 9.81. The molecule has 3 aromatic carbocycles. The van der Waals surface area contributed by atoms with Crippen molar-refractivity contribution in [3.63, 3.8) is 0 Å². The lowest BCUT2D eigenvalue weighted by molar-refractivity contribution is 0.313. The van der Waals surface area contributed by atoms with Gasteiger partial charge in [0.05, 0.1) is 6.61 Å². The van der Waals surface area contributed by atoms with Crippen LogP contribution in [0.15, 0.2) is 72.8 Å². The van der Waals surface area contributed by atoms with Crippen molar-refractivity contribution < 1.29 is 13.5 Å². The largest absolute Gasteiger partial charge is 0.491 e. The summed E-state index contributed by atoms with van der Waals surface area (Å²) < 4.78 is 33.9. The van der Waals surface area contributed by atoms with Crippen LogP contribution >= 0.6 is 0 Å². The molecule has 0 radical (unpaired) electrons. The van der Waals surface area contributed by atoms with Crippen LogP contribution in [-0.4, -0.2) is 6.61 Å². The molecule has 1 aliphatic rings. The maximum Gasteiger partial charge on any atom is 0.200 e. The SMILES string of the molecule is CCOc1ccc(C2C=CC(c3ccc(-c4ccc(C)cc4)cc3)CC2)c(F)c1F. The van der Waals surface area contributed by atoms with Crippen molar-refractivity contribution in [2.75, 3.05) is 6.61 Å². The second-order valence-corrected chi connectivity index (χ2v) is 7.88. The fraction of sp³-hybridized carbons (Fsp3) is 0.259. The third-order valence-corrected chi connectivity index (χ3v) is 5.86. The zero-order chi connectivity index (χ0) is 21.1. The number of hydrogen-bond donors (Lipinski definition) is 0. The minimum atomic E-state index is -0.892. The van der Waals surface area contributed by atoms with Crippen LogP contribution in [0.4, 0.5) is 8.78 Å². The summed E-state index contributed by atoms with van der Waals surface area (Å²) >= 11 is 0. The molecule has 0 aromatic heterocycles. The summed E-state index contributed by atoms with van der Waals surface area (Å²) in [5, 5.41) is 0. The molecule has 0 amide bonds. The first-order chi connectivity index (χ1) is 14.6. The maximum atomic E-state index is 14.5. The quantitative estimate of drug-likeness (QED) is 0.399. The van der Waals surface area contributed by atoms with Gasteiger partial charge in [-0.15, -0.1) is 0 Å². The van der Waals surface area contributed by atoms with E-state index in [9.17, 15) is 8.78 Å². The van der Waals surface area contributed by atoms with Crippen molar-refractivity contribution in [2.24, 2.45) is 0 Å². The van der Waals surface area contributed by atoms with E-state index in [1.165, 1.54) is 28.3 Å². The highest BCUT2D eigenvalue weighted by Crippen LogP contribution is 2.38. The van der Waals surface area contributed by atoms with Crippen molar-refractivity contribution in [1.29, 1.82) is 0 Å². The van der Waals surface area contributed by atoms with Crippen LogP contribution < -0.4 is 4.74 Å². The third-order valence-electron chi connectivity index (χ3n) is 5.86. The van der Waals surface area contributed by atoms with E-state index >= 15 is 0 Å². The van der Waals surface area contributed by atoms with E-state index < -0.39 is 11.6 Å². The molecule has 0 N–H and O–H groups in total. The predicted molar refractivity (Wildman–Crippen MR) is 118 cm³/mol. The van der Waals surface area contributed by atoms with Crippen molar-refractivity contribution in [3.05, 3.63) is 101 Å². The minimum Gasteiger partial charge on any atom is -0.491 e. The standard InChI is InChI=1S/C27H26F2O/c1-3-30-25-17-16-24(26(28)27(25)29)23-14-12-22(13-15-23)21-10-8-20(9-11-21)19-6-4-18(2)5-7-19/h4-12,14,16-17,22-23H,3,13,15H2,1-2H3. The Morgan fingerprint density at radius 2 is 1.37 bits per heavy atom. The van der Waals surface area contributed by atoms with E-state index in [0.29, 0.717) is 18.1 Å². The molecule has 2 unspecified atom stereocenters. The van der Waals surface area contributed by atoms with E-state index in [1.807, 2.05) is 6.08 Å². The summed E-state index contributed by atoms with van der Waals surface area (Å²) in [5.41, 5.74) is 5.31. The summed E-state index contributed by atoms with van der Waals surface area (Å²) in [5.74, 6) is -1.53. The van der Waals surface area contributed by atoms with E-state index in [-0.39, 0.29) is 11.7 Å². The smallest absolute Gasteiger partial charge is 0.200 e. The second kappa shape index (κ2) is 8.83. The monoisotopic (exact) mass is 404 g/mol. The zero-order valence-electron chi connectivity index (χ0n) is 17.4. The van der Waals surface area contributed by atoms with E-state index in [2.05, 4.69) is 61.5 Å². The fourth-order valence-electron chi connectivity index (χ4n) is 4.13. The Labute approximate surface area is 177 Å². The first-order valence-electron chi connectivity index (χ1n) is 10.5. The Morgan fingerprint density at radius 3 is 1.97 bits per heavy atom. The predicted octanol–water partition coefficient (Wildman–Crippen LogP) is 7.56. The molecule has 2 atom stereocenters. The van der Waals surface area contributed by atoms with Crippen molar-refractivity contribution >= 4 is 0 Å². The molecule has 3 aromatic rings. The Hall–Kier alpha value is -2.94. The van der Waals surface area contributed by atoms with Gasteiger partial charge in [0.2, 0.25) is 5.82 Å². The third kappa shape index (κ3) is 4.16. The van der Waals surface area contributed by atoms with Gasteiger partial charge in [0.15, 0.2) is 11.6 Å². The molecule has 0 heterocycles. The summed E-state index contributed by atoms with van der Waals surface area (Å²) in [6.45, 7) is 4.15. The van der Waals surface area contributed by atoms with Gasteiger partial charge in [-0.1, -0.05) is 72.3 Å². The fourth-order valence-corrected chi connectivity index (χ4v) is 4.13.